The van der Waals surface area contributed by atoms with Gasteiger partial charge in [0.15, 0.2) is 5.78 Å². The first kappa shape index (κ1) is 14.4. The van der Waals surface area contributed by atoms with Gasteiger partial charge < -0.3 is 0 Å². The second kappa shape index (κ2) is 5.94. The molecule has 2 nitrogen and oxygen atoms in total. The number of hydrogen-bond donors (Lipinski definition) is 0. The van der Waals surface area contributed by atoms with E-state index in [1.165, 1.54) is 22.9 Å². The third kappa shape index (κ3) is 3.09. The van der Waals surface area contributed by atoms with E-state index < -0.39 is 0 Å². The SMILES string of the molecule is CC(=O)c1ccc(C#N)cc1Sc1ccc(C)c(C)c1. The van der Waals surface area contributed by atoms with Gasteiger partial charge in [0, 0.05) is 15.4 Å². The predicted octanol–water partition coefficient (Wildman–Crippen LogP) is 4.53. The molecule has 2 aromatic carbocycles. The first-order valence-electron chi connectivity index (χ1n) is 6.31. The summed E-state index contributed by atoms with van der Waals surface area (Å²) in [5.41, 5.74) is 3.69. The number of carbonyl (C=O) groups excluding carboxylic acids is 1. The van der Waals surface area contributed by atoms with Crippen molar-refractivity contribution in [3.8, 4) is 6.07 Å². The summed E-state index contributed by atoms with van der Waals surface area (Å²) in [5, 5.41) is 8.99. The number of carbonyl (C=O) groups is 1. The zero-order valence-corrected chi connectivity index (χ0v) is 12.5. The standard InChI is InChI=1S/C17H15NOS/c1-11-4-6-15(8-12(11)2)20-17-9-14(10-18)5-7-16(17)13(3)19/h4-9H,1-3H3. The van der Waals surface area contributed by atoms with Gasteiger partial charge in [0.05, 0.1) is 11.6 Å². The van der Waals surface area contributed by atoms with E-state index in [2.05, 4.69) is 32.0 Å². The van der Waals surface area contributed by atoms with Crippen molar-refractivity contribution in [2.75, 3.05) is 0 Å². The molecule has 0 radical (unpaired) electrons. The number of benzene rings is 2. The number of aryl methyl sites for hydroxylation is 2. The minimum Gasteiger partial charge on any atom is -0.294 e. The molecule has 0 bridgehead atoms. The van der Waals surface area contributed by atoms with Crippen LogP contribution in [0.25, 0.3) is 0 Å². The largest absolute Gasteiger partial charge is 0.294 e. The predicted molar refractivity (Wildman–Crippen MR) is 81.2 cm³/mol. The van der Waals surface area contributed by atoms with Gasteiger partial charge in [0.2, 0.25) is 0 Å². The van der Waals surface area contributed by atoms with Crippen LogP contribution in [-0.2, 0) is 0 Å². The van der Waals surface area contributed by atoms with Crippen LogP contribution in [0.1, 0.15) is 34.0 Å². The number of ketones is 1. The topological polar surface area (TPSA) is 40.9 Å². The molecule has 0 unspecified atom stereocenters. The van der Waals surface area contributed by atoms with Crippen molar-refractivity contribution >= 4 is 17.5 Å². The van der Waals surface area contributed by atoms with Crippen LogP contribution >= 0.6 is 11.8 Å². The lowest BCUT2D eigenvalue weighted by atomic mass is 10.1. The normalized spacial score (nSPS) is 10.1. The summed E-state index contributed by atoms with van der Waals surface area (Å²) >= 11 is 1.52. The molecule has 0 N–H and O–H groups in total. The summed E-state index contributed by atoms with van der Waals surface area (Å²) in [6.45, 7) is 5.68. The maximum absolute atomic E-state index is 11.7. The Morgan fingerprint density at radius 1 is 1.10 bits per heavy atom. The van der Waals surface area contributed by atoms with Gasteiger partial charge in [-0.1, -0.05) is 17.8 Å². The number of Topliss-reactive ketones (excluding diaryl/α,β-unsaturated/α-hetero) is 1. The van der Waals surface area contributed by atoms with E-state index in [1.807, 2.05) is 6.07 Å². The van der Waals surface area contributed by atoms with Crippen LogP contribution in [0.15, 0.2) is 46.2 Å². The molecule has 0 aliphatic rings. The lowest BCUT2D eigenvalue weighted by Gasteiger charge is -2.09. The average molecular weight is 281 g/mol. The molecular weight excluding hydrogens is 266 g/mol. The van der Waals surface area contributed by atoms with Crippen LogP contribution in [0.5, 0.6) is 0 Å². The first-order chi connectivity index (χ1) is 9.51. The van der Waals surface area contributed by atoms with Crippen molar-refractivity contribution in [2.45, 2.75) is 30.6 Å². The van der Waals surface area contributed by atoms with Gasteiger partial charge in [-0.05, 0) is 62.2 Å². The van der Waals surface area contributed by atoms with Gasteiger partial charge >= 0.3 is 0 Å². The van der Waals surface area contributed by atoms with E-state index in [0.717, 1.165) is 9.79 Å². The zero-order valence-electron chi connectivity index (χ0n) is 11.7. The zero-order chi connectivity index (χ0) is 14.7. The van der Waals surface area contributed by atoms with Crippen LogP contribution in [-0.4, -0.2) is 5.78 Å². The fourth-order valence-electron chi connectivity index (χ4n) is 1.87. The molecule has 0 amide bonds. The number of hydrogen-bond acceptors (Lipinski definition) is 3. The molecule has 0 fully saturated rings. The Kier molecular flexibility index (Phi) is 4.26. The lowest BCUT2D eigenvalue weighted by molar-refractivity contribution is 0.101. The molecule has 0 aliphatic carbocycles. The van der Waals surface area contributed by atoms with Crippen molar-refractivity contribution in [3.05, 3.63) is 58.7 Å². The minimum atomic E-state index is 0.0147. The summed E-state index contributed by atoms with van der Waals surface area (Å²) in [6.07, 6.45) is 0. The van der Waals surface area contributed by atoms with Crippen LogP contribution < -0.4 is 0 Å². The highest BCUT2D eigenvalue weighted by Gasteiger charge is 2.10. The average Bonchev–Trinajstić information content (AvgIpc) is 2.42. The molecule has 2 rings (SSSR count). The van der Waals surface area contributed by atoms with E-state index in [9.17, 15) is 4.79 Å². The highest BCUT2D eigenvalue weighted by molar-refractivity contribution is 7.99. The summed E-state index contributed by atoms with van der Waals surface area (Å²) in [5.74, 6) is 0.0147. The highest BCUT2D eigenvalue weighted by atomic mass is 32.2. The lowest BCUT2D eigenvalue weighted by Crippen LogP contribution is -1.96. The van der Waals surface area contributed by atoms with Crippen LogP contribution in [0.3, 0.4) is 0 Å². The molecule has 20 heavy (non-hydrogen) atoms. The fourth-order valence-corrected chi connectivity index (χ4v) is 3.00. The fraction of sp³-hybridized carbons (Fsp3) is 0.176. The van der Waals surface area contributed by atoms with E-state index in [4.69, 9.17) is 5.26 Å². The smallest absolute Gasteiger partial charge is 0.160 e. The number of nitrogens with zero attached hydrogens (tertiary/aromatic N) is 1. The third-order valence-electron chi connectivity index (χ3n) is 3.20. The van der Waals surface area contributed by atoms with Gasteiger partial charge in [-0.15, -0.1) is 0 Å². The van der Waals surface area contributed by atoms with Gasteiger partial charge in [0.1, 0.15) is 0 Å². The Balaban J connectivity index is 2.43. The molecule has 0 aliphatic heterocycles. The maximum Gasteiger partial charge on any atom is 0.160 e. The molecule has 100 valence electrons. The molecule has 2 aromatic rings. The van der Waals surface area contributed by atoms with Crippen molar-refractivity contribution in [1.29, 1.82) is 5.26 Å². The molecule has 0 saturated heterocycles. The van der Waals surface area contributed by atoms with Crippen molar-refractivity contribution < 1.29 is 4.79 Å². The van der Waals surface area contributed by atoms with E-state index in [0.29, 0.717) is 11.1 Å². The third-order valence-corrected chi connectivity index (χ3v) is 4.24. The monoisotopic (exact) mass is 281 g/mol. The second-order valence-electron chi connectivity index (χ2n) is 4.73. The Morgan fingerprint density at radius 3 is 2.45 bits per heavy atom. The summed E-state index contributed by atoms with van der Waals surface area (Å²) in [7, 11) is 0. The van der Waals surface area contributed by atoms with Crippen molar-refractivity contribution in [2.24, 2.45) is 0 Å². The van der Waals surface area contributed by atoms with E-state index in [1.54, 1.807) is 25.1 Å². The molecule has 0 spiro atoms. The Bertz CT molecular complexity index is 713. The molecule has 0 heterocycles. The molecule has 3 heteroatoms. The van der Waals surface area contributed by atoms with Gasteiger partial charge in [-0.2, -0.15) is 5.26 Å². The molecule has 0 aromatic heterocycles. The Hall–Kier alpha value is -2.05. The molecule has 0 atom stereocenters. The quantitative estimate of drug-likeness (QED) is 0.776. The second-order valence-corrected chi connectivity index (χ2v) is 5.84. The molecule has 0 saturated carbocycles. The Labute approximate surface area is 123 Å². The number of rotatable bonds is 3. The summed E-state index contributed by atoms with van der Waals surface area (Å²) in [4.78, 5) is 13.6. The Morgan fingerprint density at radius 2 is 1.85 bits per heavy atom. The first-order valence-corrected chi connectivity index (χ1v) is 7.13. The van der Waals surface area contributed by atoms with Gasteiger partial charge in [0.25, 0.3) is 0 Å². The van der Waals surface area contributed by atoms with E-state index >= 15 is 0 Å². The molecular formula is C17H15NOS. The summed E-state index contributed by atoms with van der Waals surface area (Å²) < 4.78 is 0. The van der Waals surface area contributed by atoms with Crippen molar-refractivity contribution in [3.63, 3.8) is 0 Å². The van der Waals surface area contributed by atoms with Crippen LogP contribution in [0.2, 0.25) is 0 Å². The van der Waals surface area contributed by atoms with Crippen LogP contribution in [0, 0.1) is 25.2 Å². The number of nitriles is 1. The van der Waals surface area contributed by atoms with Gasteiger partial charge in [-0.25, -0.2) is 0 Å². The highest BCUT2D eigenvalue weighted by Crippen LogP contribution is 2.32. The minimum absolute atomic E-state index is 0.0147. The van der Waals surface area contributed by atoms with E-state index in [-0.39, 0.29) is 5.78 Å². The van der Waals surface area contributed by atoms with Crippen LogP contribution in [0.4, 0.5) is 0 Å². The maximum atomic E-state index is 11.7. The van der Waals surface area contributed by atoms with Gasteiger partial charge in [-0.3, -0.25) is 4.79 Å². The van der Waals surface area contributed by atoms with Crippen molar-refractivity contribution in [1.82, 2.24) is 0 Å². The summed E-state index contributed by atoms with van der Waals surface area (Å²) in [6, 6.07) is 13.5.